The molecule has 1 aromatic carbocycles. The first-order chi connectivity index (χ1) is 10.1. The molecule has 0 amide bonds. The minimum Gasteiger partial charge on any atom is -0.343 e. The van der Waals surface area contributed by atoms with E-state index < -0.39 is 0 Å². The van der Waals surface area contributed by atoms with Crippen LogP contribution in [-0.2, 0) is 0 Å². The number of H-pyrrole nitrogens is 1. The van der Waals surface area contributed by atoms with Crippen molar-refractivity contribution >= 4 is 23.0 Å². The van der Waals surface area contributed by atoms with Gasteiger partial charge >= 0.3 is 0 Å². The van der Waals surface area contributed by atoms with Gasteiger partial charge in [0.25, 0.3) is 0 Å². The molecule has 0 spiro atoms. The third kappa shape index (κ3) is 2.47. The van der Waals surface area contributed by atoms with Gasteiger partial charge in [-0.2, -0.15) is 0 Å². The van der Waals surface area contributed by atoms with Gasteiger partial charge in [0.15, 0.2) is 0 Å². The molecule has 3 aromatic rings. The van der Waals surface area contributed by atoms with Crippen molar-refractivity contribution in [3.63, 3.8) is 0 Å². The van der Waals surface area contributed by atoms with Crippen molar-refractivity contribution in [2.24, 2.45) is 0 Å². The minimum atomic E-state index is 0.300. The zero-order valence-electron chi connectivity index (χ0n) is 12.3. The maximum atomic E-state index is 5.42. The number of aromatic amines is 1. The third-order valence-corrected chi connectivity index (χ3v) is 4.05. The van der Waals surface area contributed by atoms with E-state index >= 15 is 0 Å². The molecule has 0 aliphatic carbocycles. The van der Waals surface area contributed by atoms with Crippen LogP contribution in [0.25, 0.3) is 22.0 Å². The highest BCUT2D eigenvalue weighted by atomic mass is 32.1. The van der Waals surface area contributed by atoms with Crippen molar-refractivity contribution in [2.45, 2.75) is 26.7 Å². The standard InChI is InChI=1S/C17H17N3S/c1-10(2)16-19-15(11(3)17(21)20-16)14-9-18-8-12-6-4-5-7-13(12)14/h4-10H,1-3H3,(H,19,20,21). The Morgan fingerprint density at radius 3 is 2.67 bits per heavy atom. The van der Waals surface area contributed by atoms with Gasteiger partial charge in [0.1, 0.15) is 10.5 Å². The fourth-order valence-corrected chi connectivity index (χ4v) is 2.61. The molecule has 0 aliphatic heterocycles. The van der Waals surface area contributed by atoms with Crippen LogP contribution in [0.5, 0.6) is 0 Å². The molecule has 0 unspecified atom stereocenters. The molecule has 0 saturated heterocycles. The van der Waals surface area contributed by atoms with Gasteiger partial charge < -0.3 is 4.98 Å². The largest absolute Gasteiger partial charge is 0.343 e. The first-order valence-corrected chi connectivity index (χ1v) is 7.42. The van der Waals surface area contributed by atoms with Gasteiger partial charge in [0, 0.05) is 34.8 Å². The van der Waals surface area contributed by atoms with Crippen molar-refractivity contribution in [2.75, 3.05) is 0 Å². The number of rotatable bonds is 2. The average molecular weight is 295 g/mol. The number of hydrogen-bond acceptors (Lipinski definition) is 3. The topological polar surface area (TPSA) is 41.6 Å². The van der Waals surface area contributed by atoms with E-state index in [0.29, 0.717) is 10.6 Å². The highest BCUT2D eigenvalue weighted by molar-refractivity contribution is 7.71. The van der Waals surface area contributed by atoms with E-state index in [1.807, 2.05) is 31.5 Å². The molecular formula is C17H17N3S. The molecule has 0 atom stereocenters. The van der Waals surface area contributed by atoms with Crippen molar-refractivity contribution < 1.29 is 0 Å². The fourth-order valence-electron chi connectivity index (χ4n) is 2.41. The molecule has 0 radical (unpaired) electrons. The van der Waals surface area contributed by atoms with Gasteiger partial charge in [0.2, 0.25) is 0 Å². The number of fused-ring (bicyclic) bond motifs is 1. The summed E-state index contributed by atoms with van der Waals surface area (Å²) in [5.41, 5.74) is 3.08. The Balaban J connectivity index is 2.35. The van der Waals surface area contributed by atoms with Crippen LogP contribution in [0.3, 0.4) is 0 Å². The number of aromatic nitrogens is 3. The van der Waals surface area contributed by atoms with Gasteiger partial charge in [-0.1, -0.05) is 50.3 Å². The lowest BCUT2D eigenvalue weighted by Gasteiger charge is -2.13. The van der Waals surface area contributed by atoms with Gasteiger partial charge in [-0.3, -0.25) is 4.98 Å². The molecule has 2 aromatic heterocycles. The summed E-state index contributed by atoms with van der Waals surface area (Å²) >= 11 is 5.42. The molecule has 2 heterocycles. The second-order valence-corrected chi connectivity index (χ2v) is 5.88. The summed E-state index contributed by atoms with van der Waals surface area (Å²) in [6.07, 6.45) is 3.77. The Kier molecular flexibility index (Phi) is 3.55. The molecular weight excluding hydrogens is 278 g/mol. The lowest BCUT2D eigenvalue weighted by atomic mass is 10.0. The van der Waals surface area contributed by atoms with Gasteiger partial charge in [0.05, 0.1) is 5.69 Å². The van der Waals surface area contributed by atoms with Crippen LogP contribution in [-0.4, -0.2) is 15.0 Å². The van der Waals surface area contributed by atoms with Crippen molar-refractivity contribution in [3.8, 4) is 11.3 Å². The predicted octanol–water partition coefficient (Wildman–Crippen LogP) is 4.79. The number of nitrogens with one attached hydrogen (secondary N) is 1. The molecule has 1 N–H and O–H groups in total. The summed E-state index contributed by atoms with van der Waals surface area (Å²) < 4.78 is 0.653. The van der Waals surface area contributed by atoms with E-state index in [-0.39, 0.29) is 0 Å². The van der Waals surface area contributed by atoms with E-state index in [4.69, 9.17) is 12.2 Å². The molecule has 3 rings (SSSR count). The lowest BCUT2D eigenvalue weighted by Crippen LogP contribution is -2.02. The number of pyridine rings is 1. The predicted molar refractivity (Wildman–Crippen MR) is 89.0 cm³/mol. The maximum Gasteiger partial charge on any atom is 0.133 e. The van der Waals surface area contributed by atoms with Crippen LogP contribution in [0.4, 0.5) is 0 Å². The molecule has 0 aliphatic rings. The maximum absolute atomic E-state index is 5.42. The van der Waals surface area contributed by atoms with Crippen molar-refractivity contribution in [1.82, 2.24) is 15.0 Å². The van der Waals surface area contributed by atoms with Gasteiger partial charge in [-0.15, -0.1) is 0 Å². The van der Waals surface area contributed by atoms with E-state index in [2.05, 4.69) is 40.9 Å². The van der Waals surface area contributed by atoms with Crippen molar-refractivity contribution in [1.29, 1.82) is 0 Å². The van der Waals surface area contributed by atoms with Gasteiger partial charge in [-0.05, 0) is 12.3 Å². The zero-order chi connectivity index (χ0) is 15.0. The molecule has 106 valence electrons. The Bertz CT molecular complexity index is 860. The Morgan fingerprint density at radius 1 is 1.14 bits per heavy atom. The monoisotopic (exact) mass is 295 g/mol. The van der Waals surface area contributed by atoms with E-state index in [0.717, 1.165) is 28.0 Å². The number of nitrogens with zero attached hydrogens (tertiary/aromatic N) is 2. The molecule has 4 heteroatoms. The summed E-state index contributed by atoms with van der Waals surface area (Å²) in [6.45, 7) is 6.22. The number of benzene rings is 1. The summed E-state index contributed by atoms with van der Waals surface area (Å²) in [5.74, 6) is 1.21. The zero-order valence-corrected chi connectivity index (χ0v) is 13.2. The molecule has 0 saturated carbocycles. The van der Waals surface area contributed by atoms with Crippen LogP contribution in [0.1, 0.15) is 31.2 Å². The summed E-state index contributed by atoms with van der Waals surface area (Å²) in [4.78, 5) is 12.3. The van der Waals surface area contributed by atoms with E-state index in [1.165, 1.54) is 5.39 Å². The highest BCUT2D eigenvalue weighted by Crippen LogP contribution is 2.29. The summed E-state index contributed by atoms with van der Waals surface area (Å²) in [6, 6.07) is 8.24. The molecule has 0 bridgehead atoms. The third-order valence-electron chi connectivity index (χ3n) is 3.66. The van der Waals surface area contributed by atoms with E-state index in [1.54, 1.807) is 0 Å². The Labute approximate surface area is 129 Å². The normalized spacial score (nSPS) is 11.2. The summed E-state index contributed by atoms with van der Waals surface area (Å²) in [5, 5.41) is 2.29. The quantitative estimate of drug-likeness (QED) is 0.691. The minimum absolute atomic E-state index is 0.300. The average Bonchev–Trinajstić information content (AvgIpc) is 2.49. The van der Waals surface area contributed by atoms with Crippen LogP contribution >= 0.6 is 12.2 Å². The first kappa shape index (κ1) is 13.9. The molecule has 21 heavy (non-hydrogen) atoms. The second-order valence-electron chi connectivity index (χ2n) is 5.49. The Hall–Kier alpha value is -2.07. The smallest absolute Gasteiger partial charge is 0.133 e. The molecule has 0 fully saturated rings. The molecule has 3 nitrogen and oxygen atoms in total. The Morgan fingerprint density at radius 2 is 1.90 bits per heavy atom. The van der Waals surface area contributed by atoms with Crippen LogP contribution in [0, 0.1) is 11.6 Å². The SMILES string of the molecule is Cc1c(-c2cncc3ccccc23)[nH]c(C(C)C)nc1=S. The van der Waals surface area contributed by atoms with Crippen LogP contribution in [0.2, 0.25) is 0 Å². The van der Waals surface area contributed by atoms with Crippen molar-refractivity contribution in [3.05, 3.63) is 52.7 Å². The van der Waals surface area contributed by atoms with Gasteiger partial charge in [-0.25, -0.2) is 4.98 Å². The highest BCUT2D eigenvalue weighted by Gasteiger charge is 2.12. The fraction of sp³-hybridized carbons (Fsp3) is 0.235. The summed E-state index contributed by atoms with van der Waals surface area (Å²) in [7, 11) is 0. The van der Waals surface area contributed by atoms with Crippen LogP contribution in [0.15, 0.2) is 36.7 Å². The lowest BCUT2D eigenvalue weighted by molar-refractivity contribution is 0.770. The number of hydrogen-bond donors (Lipinski definition) is 1. The second kappa shape index (κ2) is 5.37. The van der Waals surface area contributed by atoms with Crippen LogP contribution < -0.4 is 0 Å². The first-order valence-electron chi connectivity index (χ1n) is 7.02. The van der Waals surface area contributed by atoms with E-state index in [9.17, 15) is 0 Å².